The standard InChI is InChI=1S/C13H14N4O2/c1-9-10-8-14-7-6-11(10)16(15-9)12-4-2-3-5-13(12)17(18)19/h2-5,14H,6-8H2,1H3. The molecule has 0 aliphatic carbocycles. The van der Waals surface area contributed by atoms with E-state index >= 15 is 0 Å². The molecule has 0 saturated carbocycles. The van der Waals surface area contributed by atoms with E-state index in [4.69, 9.17) is 0 Å². The number of hydrogen-bond acceptors (Lipinski definition) is 4. The maximum atomic E-state index is 11.1. The summed E-state index contributed by atoms with van der Waals surface area (Å²) < 4.78 is 1.73. The first-order valence-corrected chi connectivity index (χ1v) is 6.20. The van der Waals surface area contributed by atoms with E-state index in [1.807, 2.05) is 6.92 Å². The summed E-state index contributed by atoms with van der Waals surface area (Å²) >= 11 is 0. The quantitative estimate of drug-likeness (QED) is 0.657. The molecule has 2 heterocycles. The molecular formula is C13H14N4O2. The second-order valence-corrected chi connectivity index (χ2v) is 4.60. The van der Waals surface area contributed by atoms with Gasteiger partial charge >= 0.3 is 0 Å². The van der Waals surface area contributed by atoms with Crippen LogP contribution in [0.2, 0.25) is 0 Å². The fraction of sp³-hybridized carbons (Fsp3) is 0.308. The van der Waals surface area contributed by atoms with Crippen molar-refractivity contribution in [1.29, 1.82) is 0 Å². The number of aromatic nitrogens is 2. The Morgan fingerprint density at radius 3 is 3.00 bits per heavy atom. The molecule has 0 atom stereocenters. The van der Waals surface area contributed by atoms with Crippen molar-refractivity contribution in [2.45, 2.75) is 19.9 Å². The highest BCUT2D eigenvalue weighted by molar-refractivity contribution is 5.53. The van der Waals surface area contributed by atoms with Crippen molar-refractivity contribution >= 4 is 5.69 Å². The van der Waals surface area contributed by atoms with Gasteiger partial charge in [0.1, 0.15) is 5.69 Å². The molecule has 1 aromatic heterocycles. The number of nitrogens with zero attached hydrogens (tertiary/aromatic N) is 3. The molecule has 6 heteroatoms. The number of nitro benzene ring substituents is 1. The third kappa shape index (κ3) is 1.90. The summed E-state index contributed by atoms with van der Waals surface area (Å²) in [4.78, 5) is 10.8. The van der Waals surface area contributed by atoms with Crippen LogP contribution in [0.15, 0.2) is 24.3 Å². The average molecular weight is 258 g/mol. The van der Waals surface area contributed by atoms with Gasteiger partial charge in [0.05, 0.1) is 16.3 Å². The lowest BCUT2D eigenvalue weighted by atomic mass is 10.1. The van der Waals surface area contributed by atoms with Gasteiger partial charge in [-0.15, -0.1) is 0 Å². The molecule has 1 aliphatic heterocycles. The number of nitrogens with one attached hydrogen (secondary N) is 1. The first-order valence-electron chi connectivity index (χ1n) is 6.20. The topological polar surface area (TPSA) is 73.0 Å². The van der Waals surface area contributed by atoms with Gasteiger partial charge in [0.25, 0.3) is 5.69 Å². The van der Waals surface area contributed by atoms with Crippen molar-refractivity contribution in [3.63, 3.8) is 0 Å². The van der Waals surface area contributed by atoms with Gasteiger partial charge in [-0.3, -0.25) is 10.1 Å². The van der Waals surface area contributed by atoms with Crippen LogP contribution in [0.1, 0.15) is 17.0 Å². The molecule has 0 amide bonds. The van der Waals surface area contributed by atoms with Gasteiger partial charge in [-0.05, 0) is 13.0 Å². The third-order valence-corrected chi connectivity index (χ3v) is 3.44. The lowest BCUT2D eigenvalue weighted by molar-refractivity contribution is -0.384. The SMILES string of the molecule is Cc1nn(-c2ccccc2[N+](=O)[O-])c2c1CNCC2. The van der Waals surface area contributed by atoms with Crippen LogP contribution in [0.5, 0.6) is 0 Å². The van der Waals surface area contributed by atoms with Gasteiger partial charge in [0.2, 0.25) is 0 Å². The van der Waals surface area contributed by atoms with Gasteiger partial charge < -0.3 is 5.32 Å². The van der Waals surface area contributed by atoms with Crippen LogP contribution in [0.4, 0.5) is 5.69 Å². The van der Waals surface area contributed by atoms with E-state index in [0.717, 1.165) is 36.5 Å². The summed E-state index contributed by atoms with van der Waals surface area (Å²) in [7, 11) is 0. The highest BCUT2D eigenvalue weighted by Crippen LogP contribution is 2.27. The zero-order valence-electron chi connectivity index (χ0n) is 10.6. The number of para-hydroxylation sites is 2. The van der Waals surface area contributed by atoms with E-state index in [1.54, 1.807) is 22.9 Å². The molecule has 0 radical (unpaired) electrons. The maximum absolute atomic E-state index is 11.1. The Balaban J connectivity index is 2.20. The third-order valence-electron chi connectivity index (χ3n) is 3.44. The molecule has 0 bridgehead atoms. The van der Waals surface area contributed by atoms with Gasteiger partial charge in [-0.25, -0.2) is 4.68 Å². The minimum absolute atomic E-state index is 0.0892. The average Bonchev–Trinajstić information content (AvgIpc) is 2.77. The number of aryl methyl sites for hydroxylation is 1. The summed E-state index contributed by atoms with van der Waals surface area (Å²) in [5.41, 5.74) is 3.79. The summed E-state index contributed by atoms with van der Waals surface area (Å²) in [6.45, 7) is 3.59. The molecular weight excluding hydrogens is 244 g/mol. The van der Waals surface area contributed by atoms with Crippen LogP contribution in [0, 0.1) is 17.0 Å². The minimum atomic E-state index is -0.361. The van der Waals surface area contributed by atoms with Crippen LogP contribution in [-0.4, -0.2) is 21.2 Å². The highest BCUT2D eigenvalue weighted by atomic mass is 16.6. The maximum Gasteiger partial charge on any atom is 0.294 e. The first-order chi connectivity index (χ1) is 9.18. The number of rotatable bonds is 2. The van der Waals surface area contributed by atoms with E-state index in [1.165, 1.54) is 6.07 Å². The zero-order chi connectivity index (χ0) is 13.4. The molecule has 6 nitrogen and oxygen atoms in total. The van der Waals surface area contributed by atoms with E-state index in [2.05, 4.69) is 10.4 Å². The largest absolute Gasteiger partial charge is 0.312 e. The van der Waals surface area contributed by atoms with Crippen molar-refractivity contribution in [2.24, 2.45) is 0 Å². The number of fused-ring (bicyclic) bond motifs is 1. The molecule has 1 aliphatic rings. The van der Waals surface area contributed by atoms with Crippen molar-refractivity contribution in [2.75, 3.05) is 6.54 Å². The molecule has 19 heavy (non-hydrogen) atoms. The number of benzene rings is 1. The normalized spacial score (nSPS) is 14.2. The van der Waals surface area contributed by atoms with Crippen LogP contribution in [0.3, 0.4) is 0 Å². The Morgan fingerprint density at radius 1 is 1.42 bits per heavy atom. The van der Waals surface area contributed by atoms with Gasteiger partial charge in [-0.2, -0.15) is 5.10 Å². The Labute approximate surface area is 110 Å². The smallest absolute Gasteiger partial charge is 0.294 e. The molecule has 0 saturated heterocycles. The Morgan fingerprint density at radius 2 is 2.21 bits per heavy atom. The van der Waals surface area contributed by atoms with Crippen molar-refractivity contribution in [1.82, 2.24) is 15.1 Å². The molecule has 3 rings (SSSR count). The molecule has 2 aromatic rings. The summed E-state index contributed by atoms with van der Waals surface area (Å²) in [6.07, 6.45) is 0.836. The fourth-order valence-corrected chi connectivity index (χ4v) is 2.51. The minimum Gasteiger partial charge on any atom is -0.312 e. The van der Waals surface area contributed by atoms with E-state index in [-0.39, 0.29) is 10.6 Å². The molecule has 0 spiro atoms. The van der Waals surface area contributed by atoms with Crippen molar-refractivity contribution in [3.05, 3.63) is 51.3 Å². The fourth-order valence-electron chi connectivity index (χ4n) is 2.51. The van der Waals surface area contributed by atoms with E-state index in [9.17, 15) is 10.1 Å². The summed E-state index contributed by atoms with van der Waals surface area (Å²) in [5.74, 6) is 0. The zero-order valence-corrected chi connectivity index (χ0v) is 10.6. The van der Waals surface area contributed by atoms with Crippen LogP contribution in [0.25, 0.3) is 5.69 Å². The molecule has 1 aromatic carbocycles. The Hall–Kier alpha value is -2.21. The summed E-state index contributed by atoms with van der Waals surface area (Å²) in [6, 6.07) is 6.73. The van der Waals surface area contributed by atoms with E-state index < -0.39 is 0 Å². The first kappa shape index (κ1) is 11.9. The predicted molar refractivity (Wildman–Crippen MR) is 70.4 cm³/mol. The van der Waals surface area contributed by atoms with Gasteiger partial charge in [0, 0.05) is 31.1 Å². The van der Waals surface area contributed by atoms with Crippen LogP contribution < -0.4 is 5.32 Å². The Bertz CT molecular complexity index is 648. The monoisotopic (exact) mass is 258 g/mol. The molecule has 0 unspecified atom stereocenters. The second-order valence-electron chi connectivity index (χ2n) is 4.60. The highest BCUT2D eigenvalue weighted by Gasteiger charge is 2.23. The number of nitro groups is 1. The second kappa shape index (κ2) is 4.47. The van der Waals surface area contributed by atoms with Crippen LogP contribution in [-0.2, 0) is 13.0 Å². The molecule has 98 valence electrons. The van der Waals surface area contributed by atoms with Crippen molar-refractivity contribution in [3.8, 4) is 5.69 Å². The van der Waals surface area contributed by atoms with Gasteiger partial charge in [0.15, 0.2) is 0 Å². The van der Waals surface area contributed by atoms with E-state index in [0.29, 0.717) is 5.69 Å². The molecule has 1 N–H and O–H groups in total. The molecule has 0 fully saturated rings. The Kier molecular flexibility index (Phi) is 2.79. The number of hydrogen-bond donors (Lipinski definition) is 1. The van der Waals surface area contributed by atoms with Crippen LogP contribution >= 0.6 is 0 Å². The lowest BCUT2D eigenvalue weighted by Crippen LogP contribution is -2.24. The van der Waals surface area contributed by atoms with Gasteiger partial charge in [-0.1, -0.05) is 12.1 Å². The van der Waals surface area contributed by atoms with Crippen molar-refractivity contribution < 1.29 is 4.92 Å². The predicted octanol–water partition coefficient (Wildman–Crippen LogP) is 1.73. The lowest BCUT2D eigenvalue weighted by Gasteiger charge is -2.15. The summed E-state index contributed by atoms with van der Waals surface area (Å²) in [5, 5.41) is 18.9.